The number of rotatable bonds is 2. The molecular weight excluding hydrogens is 220 g/mol. The van der Waals surface area contributed by atoms with Gasteiger partial charge in [0.2, 0.25) is 0 Å². The monoisotopic (exact) mass is 250 g/mol. The van der Waals surface area contributed by atoms with E-state index in [1.54, 1.807) is 0 Å². The van der Waals surface area contributed by atoms with E-state index < -0.39 is 0 Å². The highest BCUT2D eigenvalue weighted by Gasteiger charge is 2.37. The Morgan fingerprint density at radius 2 is 1.56 bits per heavy atom. The Hall–Kier alpha value is -0.0800. The predicted molar refractivity (Wildman–Crippen MR) is 76.8 cm³/mol. The third kappa shape index (κ3) is 2.60. The Bertz CT molecular complexity index is 256. The van der Waals surface area contributed by atoms with Crippen LogP contribution in [0, 0.1) is 5.92 Å². The van der Waals surface area contributed by atoms with Gasteiger partial charge in [0, 0.05) is 12.1 Å². The zero-order valence-corrected chi connectivity index (χ0v) is 12.1. The van der Waals surface area contributed by atoms with Crippen LogP contribution >= 0.6 is 0 Å². The second kappa shape index (κ2) is 5.92. The minimum absolute atomic E-state index is 0.915. The van der Waals surface area contributed by atoms with Crippen molar-refractivity contribution in [3.63, 3.8) is 0 Å². The summed E-state index contributed by atoms with van der Waals surface area (Å²) in [6.07, 6.45) is 11.9. The molecule has 2 heterocycles. The fraction of sp³-hybridized carbons (Fsp3) is 1.00. The van der Waals surface area contributed by atoms with Crippen molar-refractivity contribution in [1.29, 1.82) is 0 Å². The molecule has 0 N–H and O–H groups in total. The molecule has 2 nitrogen and oxygen atoms in total. The third-order valence-corrected chi connectivity index (χ3v) is 5.76. The summed E-state index contributed by atoms with van der Waals surface area (Å²) < 4.78 is 0. The number of fused-ring (bicyclic) bond motifs is 1. The van der Waals surface area contributed by atoms with Gasteiger partial charge in [0.1, 0.15) is 0 Å². The van der Waals surface area contributed by atoms with E-state index in [1.165, 1.54) is 77.5 Å². The molecule has 3 rings (SSSR count). The molecule has 1 saturated carbocycles. The van der Waals surface area contributed by atoms with Gasteiger partial charge in [-0.1, -0.05) is 19.8 Å². The van der Waals surface area contributed by atoms with Crippen molar-refractivity contribution >= 4 is 0 Å². The summed E-state index contributed by atoms with van der Waals surface area (Å²) in [7, 11) is 0. The van der Waals surface area contributed by atoms with Crippen LogP contribution in [0.1, 0.15) is 58.3 Å². The Morgan fingerprint density at radius 3 is 2.33 bits per heavy atom. The van der Waals surface area contributed by atoms with Crippen LogP contribution < -0.4 is 0 Å². The summed E-state index contributed by atoms with van der Waals surface area (Å²) in [5, 5.41) is 0. The molecule has 18 heavy (non-hydrogen) atoms. The first-order chi connectivity index (χ1) is 8.88. The number of hydrogen-bond acceptors (Lipinski definition) is 2. The van der Waals surface area contributed by atoms with Gasteiger partial charge >= 0.3 is 0 Å². The summed E-state index contributed by atoms with van der Waals surface area (Å²) in [6.45, 7) is 7.64. The summed E-state index contributed by atoms with van der Waals surface area (Å²) in [6, 6.07) is 1.88. The van der Waals surface area contributed by atoms with Crippen molar-refractivity contribution in [3.05, 3.63) is 0 Å². The van der Waals surface area contributed by atoms with Crippen LogP contribution in [0.3, 0.4) is 0 Å². The van der Waals surface area contributed by atoms with Crippen LogP contribution in [-0.4, -0.2) is 48.1 Å². The van der Waals surface area contributed by atoms with E-state index in [4.69, 9.17) is 0 Å². The highest BCUT2D eigenvalue weighted by atomic mass is 15.2. The zero-order chi connectivity index (χ0) is 12.4. The molecule has 0 aromatic carbocycles. The lowest BCUT2D eigenvalue weighted by molar-refractivity contribution is 0.00264. The molecule has 2 atom stereocenters. The maximum atomic E-state index is 2.94. The normalized spacial score (nSPS) is 36.5. The molecular formula is C16H30N2. The largest absolute Gasteiger partial charge is 0.303 e. The molecule has 2 unspecified atom stereocenters. The second-order valence-electron chi connectivity index (χ2n) is 6.66. The highest BCUT2D eigenvalue weighted by molar-refractivity contribution is 4.92. The van der Waals surface area contributed by atoms with Crippen molar-refractivity contribution in [2.75, 3.05) is 26.2 Å². The predicted octanol–water partition coefficient (Wildman–Crippen LogP) is 3.13. The second-order valence-corrected chi connectivity index (χ2v) is 6.66. The van der Waals surface area contributed by atoms with Crippen LogP contribution in [0.5, 0.6) is 0 Å². The van der Waals surface area contributed by atoms with E-state index in [0.29, 0.717) is 0 Å². The molecule has 3 aliphatic rings. The van der Waals surface area contributed by atoms with E-state index in [1.807, 2.05) is 0 Å². The number of hydrogen-bond donors (Lipinski definition) is 0. The standard InChI is InChI=1S/C16H30N2/c1-2-17-12-9-15(10-13-17)18-11-5-7-14-6-3-4-8-16(14)18/h14-16H,2-13H2,1H3. The Labute approximate surface area is 113 Å². The van der Waals surface area contributed by atoms with Crippen molar-refractivity contribution in [2.45, 2.75) is 70.4 Å². The van der Waals surface area contributed by atoms with Crippen molar-refractivity contribution in [3.8, 4) is 0 Å². The first kappa shape index (κ1) is 12.9. The first-order valence-electron chi connectivity index (χ1n) is 8.36. The maximum Gasteiger partial charge on any atom is 0.0126 e. The average Bonchev–Trinajstić information content (AvgIpc) is 2.47. The number of nitrogens with zero attached hydrogens (tertiary/aromatic N) is 2. The summed E-state index contributed by atoms with van der Waals surface area (Å²) >= 11 is 0. The van der Waals surface area contributed by atoms with E-state index in [0.717, 1.165) is 18.0 Å². The first-order valence-corrected chi connectivity index (χ1v) is 8.36. The highest BCUT2D eigenvalue weighted by Crippen LogP contribution is 2.37. The van der Waals surface area contributed by atoms with Gasteiger partial charge in [-0.05, 0) is 70.6 Å². The maximum absolute atomic E-state index is 2.94. The molecule has 0 aromatic heterocycles. The van der Waals surface area contributed by atoms with Gasteiger partial charge in [-0.2, -0.15) is 0 Å². The smallest absolute Gasteiger partial charge is 0.0126 e. The molecule has 2 saturated heterocycles. The average molecular weight is 250 g/mol. The zero-order valence-electron chi connectivity index (χ0n) is 12.1. The SMILES string of the molecule is CCN1CCC(N2CCCC3CCCCC32)CC1. The fourth-order valence-corrected chi connectivity index (χ4v) is 4.68. The van der Waals surface area contributed by atoms with Gasteiger partial charge in [-0.25, -0.2) is 0 Å². The van der Waals surface area contributed by atoms with E-state index in [2.05, 4.69) is 16.7 Å². The molecule has 0 radical (unpaired) electrons. The van der Waals surface area contributed by atoms with Crippen molar-refractivity contribution in [1.82, 2.24) is 9.80 Å². The van der Waals surface area contributed by atoms with Gasteiger partial charge < -0.3 is 4.90 Å². The lowest BCUT2D eigenvalue weighted by Crippen LogP contribution is -2.54. The molecule has 0 bridgehead atoms. The lowest BCUT2D eigenvalue weighted by atomic mass is 9.77. The van der Waals surface area contributed by atoms with Crippen LogP contribution in [0.15, 0.2) is 0 Å². The van der Waals surface area contributed by atoms with Gasteiger partial charge in [0.15, 0.2) is 0 Å². The van der Waals surface area contributed by atoms with Gasteiger partial charge in [0.25, 0.3) is 0 Å². The summed E-state index contributed by atoms with van der Waals surface area (Å²) in [4.78, 5) is 5.57. The number of piperidine rings is 2. The lowest BCUT2D eigenvalue weighted by Gasteiger charge is -2.49. The Morgan fingerprint density at radius 1 is 0.833 bits per heavy atom. The van der Waals surface area contributed by atoms with Gasteiger partial charge in [-0.15, -0.1) is 0 Å². The molecule has 0 amide bonds. The van der Waals surface area contributed by atoms with E-state index >= 15 is 0 Å². The minimum Gasteiger partial charge on any atom is -0.303 e. The van der Waals surface area contributed by atoms with Crippen LogP contribution in [0.4, 0.5) is 0 Å². The van der Waals surface area contributed by atoms with Gasteiger partial charge in [-0.3, -0.25) is 4.90 Å². The third-order valence-electron chi connectivity index (χ3n) is 5.76. The Balaban J connectivity index is 1.60. The molecule has 0 spiro atoms. The van der Waals surface area contributed by atoms with Crippen LogP contribution in [0.2, 0.25) is 0 Å². The van der Waals surface area contributed by atoms with Crippen molar-refractivity contribution < 1.29 is 0 Å². The van der Waals surface area contributed by atoms with E-state index in [-0.39, 0.29) is 0 Å². The van der Waals surface area contributed by atoms with Crippen LogP contribution in [0.25, 0.3) is 0 Å². The Kier molecular flexibility index (Phi) is 4.25. The van der Waals surface area contributed by atoms with Gasteiger partial charge in [0.05, 0.1) is 0 Å². The molecule has 0 aromatic rings. The minimum atomic E-state index is 0.915. The fourth-order valence-electron chi connectivity index (χ4n) is 4.68. The molecule has 104 valence electrons. The molecule has 2 heteroatoms. The molecule has 1 aliphatic carbocycles. The topological polar surface area (TPSA) is 6.48 Å². The number of likely N-dealkylation sites (tertiary alicyclic amines) is 2. The molecule has 2 aliphatic heterocycles. The van der Waals surface area contributed by atoms with Crippen molar-refractivity contribution in [2.24, 2.45) is 5.92 Å². The summed E-state index contributed by atoms with van der Waals surface area (Å²) in [5.41, 5.74) is 0. The summed E-state index contributed by atoms with van der Waals surface area (Å²) in [5.74, 6) is 1.05. The van der Waals surface area contributed by atoms with E-state index in [9.17, 15) is 0 Å². The molecule has 3 fully saturated rings. The quantitative estimate of drug-likeness (QED) is 0.743. The van der Waals surface area contributed by atoms with Crippen LogP contribution in [-0.2, 0) is 0 Å².